The number of aromatic nitrogens is 2. The fourth-order valence-corrected chi connectivity index (χ4v) is 2.60. The smallest absolute Gasteiger partial charge is 0.129 e. The molecule has 2 aromatic rings. The van der Waals surface area contributed by atoms with Crippen molar-refractivity contribution in [3.05, 3.63) is 23.9 Å². The number of nitrogen functional groups attached to an aromatic ring is 1. The van der Waals surface area contributed by atoms with Gasteiger partial charge < -0.3 is 10.5 Å². The fraction of sp³-hybridized carbons (Fsp3) is 0.308. The molecule has 0 atom stereocenters. The number of ether oxygens (including phenoxy) is 1. The van der Waals surface area contributed by atoms with Crippen LogP contribution >= 0.6 is 11.8 Å². The number of nitrogens with two attached hydrogens (primary N) is 1. The molecule has 0 aliphatic carbocycles. The van der Waals surface area contributed by atoms with Crippen molar-refractivity contribution >= 4 is 17.6 Å². The number of hydrogen-bond acceptors (Lipinski definition) is 4. The van der Waals surface area contributed by atoms with Gasteiger partial charge in [-0.05, 0) is 30.9 Å². The van der Waals surface area contributed by atoms with Crippen LogP contribution in [0.2, 0.25) is 0 Å². The van der Waals surface area contributed by atoms with Gasteiger partial charge in [0.15, 0.2) is 0 Å². The van der Waals surface area contributed by atoms with Crippen LogP contribution in [0.4, 0.5) is 5.82 Å². The molecule has 0 unspecified atom stereocenters. The maximum absolute atomic E-state index is 6.04. The third-order valence-electron chi connectivity index (χ3n) is 2.99. The van der Waals surface area contributed by atoms with Crippen LogP contribution in [-0.2, 0) is 7.05 Å². The largest absolute Gasteiger partial charge is 0.496 e. The van der Waals surface area contributed by atoms with Crippen LogP contribution in [0.15, 0.2) is 23.2 Å². The van der Waals surface area contributed by atoms with Crippen LogP contribution in [0.25, 0.3) is 11.1 Å². The summed E-state index contributed by atoms with van der Waals surface area (Å²) in [4.78, 5) is 1.17. The van der Waals surface area contributed by atoms with Gasteiger partial charge in [0.2, 0.25) is 0 Å². The maximum atomic E-state index is 6.04. The summed E-state index contributed by atoms with van der Waals surface area (Å²) in [5.74, 6) is 1.53. The van der Waals surface area contributed by atoms with Crippen molar-refractivity contribution in [2.45, 2.75) is 11.8 Å². The normalized spacial score (nSPS) is 10.7. The summed E-state index contributed by atoms with van der Waals surface area (Å²) in [7, 11) is 3.51. The van der Waals surface area contributed by atoms with E-state index in [0.717, 1.165) is 22.4 Å². The van der Waals surface area contributed by atoms with Crippen LogP contribution in [0.3, 0.4) is 0 Å². The number of rotatable bonds is 3. The highest BCUT2D eigenvalue weighted by molar-refractivity contribution is 7.98. The second-order valence-electron chi connectivity index (χ2n) is 4.09. The van der Waals surface area contributed by atoms with Gasteiger partial charge in [-0.1, -0.05) is 0 Å². The van der Waals surface area contributed by atoms with Crippen LogP contribution in [-0.4, -0.2) is 23.1 Å². The van der Waals surface area contributed by atoms with Gasteiger partial charge in [0.05, 0.1) is 13.3 Å². The first-order valence-electron chi connectivity index (χ1n) is 5.59. The van der Waals surface area contributed by atoms with Gasteiger partial charge in [-0.3, -0.25) is 4.68 Å². The molecule has 0 amide bonds. The summed E-state index contributed by atoms with van der Waals surface area (Å²) >= 11 is 1.69. The molecule has 4 nitrogen and oxygen atoms in total. The molecular weight excluding hydrogens is 246 g/mol. The maximum Gasteiger partial charge on any atom is 0.129 e. The molecular formula is C13H17N3OS. The minimum absolute atomic E-state index is 0.663. The molecule has 0 saturated carbocycles. The van der Waals surface area contributed by atoms with E-state index in [4.69, 9.17) is 10.5 Å². The number of nitrogens with zero attached hydrogens (tertiary/aromatic N) is 2. The molecule has 0 saturated heterocycles. The van der Waals surface area contributed by atoms with Gasteiger partial charge in [-0.15, -0.1) is 11.8 Å². The molecule has 0 fully saturated rings. The Hall–Kier alpha value is -1.62. The highest BCUT2D eigenvalue weighted by atomic mass is 32.2. The van der Waals surface area contributed by atoms with Crippen LogP contribution < -0.4 is 10.5 Å². The summed E-state index contributed by atoms with van der Waals surface area (Å²) in [6.45, 7) is 2.04. The number of thioether (sulfide) groups is 1. The van der Waals surface area contributed by atoms with Gasteiger partial charge in [0.1, 0.15) is 11.6 Å². The zero-order valence-corrected chi connectivity index (χ0v) is 11.8. The minimum Gasteiger partial charge on any atom is -0.496 e. The Morgan fingerprint density at radius 1 is 1.33 bits per heavy atom. The standard InChI is InChI=1S/C13H17N3OS/c1-8-5-12(18-4)9(6-11(8)17-3)10-7-15-16(2)13(10)14/h5-7H,14H2,1-4H3. The second-order valence-corrected chi connectivity index (χ2v) is 4.94. The molecule has 18 heavy (non-hydrogen) atoms. The van der Waals surface area contributed by atoms with Crippen molar-refractivity contribution in [3.63, 3.8) is 0 Å². The topological polar surface area (TPSA) is 53.1 Å². The Kier molecular flexibility index (Phi) is 3.52. The van der Waals surface area contributed by atoms with E-state index in [1.165, 1.54) is 4.90 Å². The Morgan fingerprint density at radius 3 is 2.56 bits per heavy atom. The average Bonchev–Trinajstić information content (AvgIpc) is 2.70. The monoisotopic (exact) mass is 263 g/mol. The molecule has 0 bridgehead atoms. The molecule has 5 heteroatoms. The van der Waals surface area contributed by atoms with Crippen LogP contribution in [0.5, 0.6) is 5.75 Å². The highest BCUT2D eigenvalue weighted by Gasteiger charge is 2.14. The van der Waals surface area contributed by atoms with Gasteiger partial charge in [-0.25, -0.2) is 0 Å². The summed E-state index contributed by atoms with van der Waals surface area (Å²) in [5, 5.41) is 4.19. The first-order valence-corrected chi connectivity index (χ1v) is 6.81. The van der Waals surface area contributed by atoms with Gasteiger partial charge >= 0.3 is 0 Å². The summed E-state index contributed by atoms with van der Waals surface area (Å²) in [5.41, 5.74) is 9.17. The average molecular weight is 263 g/mol. The van der Waals surface area contributed by atoms with E-state index in [9.17, 15) is 0 Å². The lowest BCUT2D eigenvalue weighted by atomic mass is 10.1. The van der Waals surface area contributed by atoms with Crippen molar-refractivity contribution in [2.75, 3.05) is 19.1 Å². The molecule has 0 spiro atoms. The molecule has 0 aliphatic rings. The third-order valence-corrected chi connectivity index (χ3v) is 3.77. The molecule has 96 valence electrons. The van der Waals surface area contributed by atoms with Gasteiger partial charge in [0.25, 0.3) is 0 Å². The lowest BCUT2D eigenvalue weighted by Crippen LogP contribution is -1.98. The van der Waals surface area contributed by atoms with Crippen LogP contribution in [0, 0.1) is 6.92 Å². The van der Waals surface area contributed by atoms with E-state index >= 15 is 0 Å². The third kappa shape index (κ3) is 2.06. The Morgan fingerprint density at radius 2 is 2.06 bits per heavy atom. The molecule has 2 rings (SSSR count). The first kappa shape index (κ1) is 12.8. The van der Waals surface area contributed by atoms with Gasteiger partial charge in [-0.2, -0.15) is 5.10 Å². The lowest BCUT2D eigenvalue weighted by Gasteiger charge is -2.12. The van der Waals surface area contributed by atoms with E-state index in [-0.39, 0.29) is 0 Å². The first-order chi connectivity index (χ1) is 8.58. The lowest BCUT2D eigenvalue weighted by molar-refractivity contribution is 0.411. The van der Waals surface area contributed by atoms with Crippen molar-refractivity contribution in [1.82, 2.24) is 9.78 Å². The molecule has 2 N–H and O–H groups in total. The van der Waals surface area contributed by atoms with Crippen molar-refractivity contribution < 1.29 is 4.74 Å². The number of methoxy groups -OCH3 is 1. The molecule has 1 aromatic carbocycles. The molecule has 1 aromatic heterocycles. The van der Waals surface area contributed by atoms with Gasteiger partial charge in [0, 0.05) is 23.1 Å². The van der Waals surface area contributed by atoms with E-state index < -0.39 is 0 Å². The van der Waals surface area contributed by atoms with Crippen molar-refractivity contribution in [1.29, 1.82) is 0 Å². The second kappa shape index (κ2) is 4.94. The zero-order chi connectivity index (χ0) is 13.3. The van der Waals surface area contributed by atoms with Crippen LogP contribution in [0.1, 0.15) is 5.56 Å². The minimum atomic E-state index is 0.663. The number of anilines is 1. The Labute approximate surface area is 111 Å². The number of hydrogen-bond donors (Lipinski definition) is 1. The van der Waals surface area contributed by atoms with E-state index in [1.54, 1.807) is 29.8 Å². The predicted octanol–water partition coefficient (Wildman–Crippen LogP) is 2.71. The summed E-state index contributed by atoms with van der Waals surface area (Å²) in [6, 6.07) is 4.14. The number of aryl methyl sites for hydroxylation is 2. The molecule has 1 heterocycles. The van der Waals surface area contributed by atoms with E-state index in [2.05, 4.69) is 17.4 Å². The molecule has 0 aliphatic heterocycles. The zero-order valence-electron chi connectivity index (χ0n) is 11.0. The SMILES string of the molecule is COc1cc(-c2cnn(C)c2N)c(SC)cc1C. The Bertz CT molecular complexity index is 578. The highest BCUT2D eigenvalue weighted by Crippen LogP contribution is 2.37. The van der Waals surface area contributed by atoms with E-state index in [0.29, 0.717) is 5.82 Å². The van der Waals surface area contributed by atoms with E-state index in [1.807, 2.05) is 20.0 Å². The summed E-state index contributed by atoms with van der Waals surface area (Å²) in [6.07, 6.45) is 3.84. The number of benzene rings is 1. The fourth-order valence-electron chi connectivity index (χ4n) is 1.92. The predicted molar refractivity (Wildman–Crippen MR) is 76.1 cm³/mol. The Balaban J connectivity index is 2.65. The van der Waals surface area contributed by atoms with Crippen molar-refractivity contribution in [3.8, 4) is 16.9 Å². The summed E-state index contributed by atoms with van der Waals surface area (Å²) < 4.78 is 7.05. The molecule has 0 radical (unpaired) electrons. The quantitative estimate of drug-likeness (QED) is 0.865. The van der Waals surface area contributed by atoms with Crippen molar-refractivity contribution in [2.24, 2.45) is 7.05 Å².